The Labute approximate surface area is 148 Å². The van der Waals surface area contributed by atoms with E-state index in [4.69, 9.17) is 23.2 Å². The Balaban J connectivity index is 1.91. The minimum absolute atomic E-state index is 0.0413. The summed E-state index contributed by atoms with van der Waals surface area (Å²) in [7, 11) is 0. The lowest BCUT2D eigenvalue weighted by Crippen LogP contribution is -2.30. The van der Waals surface area contributed by atoms with Crippen molar-refractivity contribution in [3.63, 3.8) is 0 Å². The molecule has 0 bridgehead atoms. The zero-order valence-corrected chi connectivity index (χ0v) is 14.3. The van der Waals surface area contributed by atoms with Gasteiger partial charge in [-0.2, -0.15) is 0 Å². The van der Waals surface area contributed by atoms with Gasteiger partial charge in [0.1, 0.15) is 0 Å². The molecule has 0 saturated carbocycles. The molecular weight excluding hydrogens is 353 g/mol. The first-order chi connectivity index (χ1) is 11.4. The molecule has 126 valence electrons. The summed E-state index contributed by atoms with van der Waals surface area (Å²) in [5, 5.41) is 17.1. The van der Waals surface area contributed by atoms with Gasteiger partial charge >= 0.3 is 0 Å². The number of amides is 1. The summed E-state index contributed by atoms with van der Waals surface area (Å²) in [5.74, 6) is -0.299. The van der Waals surface area contributed by atoms with E-state index in [1.807, 2.05) is 19.1 Å². The third kappa shape index (κ3) is 4.92. The number of carbonyl (C=O) groups is 1. The van der Waals surface area contributed by atoms with E-state index in [1.54, 1.807) is 12.1 Å². The summed E-state index contributed by atoms with van der Waals surface area (Å²) in [6.07, 6.45) is 0. The second-order valence-electron chi connectivity index (χ2n) is 5.12. The van der Waals surface area contributed by atoms with E-state index in [0.717, 1.165) is 5.56 Å². The topological polar surface area (TPSA) is 84.3 Å². The van der Waals surface area contributed by atoms with Crippen molar-refractivity contribution < 1.29 is 9.72 Å². The molecule has 0 radical (unpaired) electrons. The van der Waals surface area contributed by atoms with Crippen LogP contribution in [0.15, 0.2) is 42.5 Å². The van der Waals surface area contributed by atoms with Crippen LogP contribution in [0.25, 0.3) is 0 Å². The number of halogens is 2. The van der Waals surface area contributed by atoms with E-state index in [-0.39, 0.29) is 29.2 Å². The summed E-state index contributed by atoms with van der Waals surface area (Å²) in [6.45, 7) is 1.99. The van der Waals surface area contributed by atoms with Crippen LogP contribution in [-0.2, 0) is 4.79 Å². The van der Waals surface area contributed by atoms with Crippen molar-refractivity contribution in [1.82, 2.24) is 5.32 Å². The van der Waals surface area contributed by atoms with Crippen LogP contribution in [0.3, 0.4) is 0 Å². The van der Waals surface area contributed by atoms with Crippen molar-refractivity contribution in [1.29, 1.82) is 0 Å². The minimum atomic E-state index is -0.549. The first-order valence-corrected chi connectivity index (χ1v) is 7.85. The molecule has 0 aromatic heterocycles. The van der Waals surface area contributed by atoms with Gasteiger partial charge in [-0.1, -0.05) is 35.3 Å². The highest BCUT2D eigenvalue weighted by Gasteiger charge is 2.12. The van der Waals surface area contributed by atoms with Gasteiger partial charge in [0.15, 0.2) is 0 Å². The predicted octanol–water partition coefficient (Wildman–Crippen LogP) is 4.19. The zero-order valence-electron chi connectivity index (χ0n) is 12.8. The number of non-ortho nitro benzene ring substituents is 1. The lowest BCUT2D eigenvalue weighted by Gasteiger charge is -2.14. The van der Waals surface area contributed by atoms with Gasteiger partial charge < -0.3 is 10.6 Å². The molecule has 0 aliphatic rings. The maximum absolute atomic E-state index is 12.0. The summed E-state index contributed by atoms with van der Waals surface area (Å²) in [4.78, 5) is 22.1. The predicted molar refractivity (Wildman–Crippen MR) is 94.6 cm³/mol. The van der Waals surface area contributed by atoms with Gasteiger partial charge in [-0.25, -0.2) is 0 Å². The second-order valence-corrected chi connectivity index (χ2v) is 5.97. The van der Waals surface area contributed by atoms with Crippen molar-refractivity contribution in [2.75, 3.05) is 11.9 Å². The van der Waals surface area contributed by atoms with E-state index < -0.39 is 4.92 Å². The van der Waals surface area contributed by atoms with Crippen LogP contribution >= 0.6 is 23.2 Å². The SMILES string of the molecule is C[C@@H](NCC(=O)Nc1ccc([N+](=O)[O-])cc1Cl)c1ccc(Cl)cc1. The highest BCUT2D eigenvalue weighted by atomic mass is 35.5. The van der Waals surface area contributed by atoms with E-state index in [0.29, 0.717) is 10.7 Å². The van der Waals surface area contributed by atoms with Gasteiger partial charge in [0.2, 0.25) is 5.91 Å². The van der Waals surface area contributed by atoms with Gasteiger partial charge in [-0.05, 0) is 30.7 Å². The molecule has 6 nitrogen and oxygen atoms in total. The van der Waals surface area contributed by atoms with Gasteiger partial charge in [0.05, 0.1) is 22.2 Å². The fourth-order valence-electron chi connectivity index (χ4n) is 2.03. The molecule has 0 saturated heterocycles. The first-order valence-electron chi connectivity index (χ1n) is 7.09. The van der Waals surface area contributed by atoms with Gasteiger partial charge in [0, 0.05) is 23.2 Å². The third-order valence-corrected chi connectivity index (χ3v) is 3.94. The maximum atomic E-state index is 12.0. The van der Waals surface area contributed by atoms with Crippen LogP contribution in [0.5, 0.6) is 0 Å². The minimum Gasteiger partial charge on any atom is -0.324 e. The second kappa shape index (κ2) is 8.10. The number of carbonyl (C=O) groups excluding carboxylic acids is 1. The summed E-state index contributed by atoms with van der Waals surface area (Å²) in [5.41, 5.74) is 1.20. The molecule has 24 heavy (non-hydrogen) atoms. The number of benzene rings is 2. The molecule has 2 rings (SSSR count). The van der Waals surface area contributed by atoms with Crippen LogP contribution in [0, 0.1) is 10.1 Å². The van der Waals surface area contributed by atoms with Crippen LogP contribution in [-0.4, -0.2) is 17.4 Å². The molecule has 8 heteroatoms. The Morgan fingerprint density at radius 3 is 2.46 bits per heavy atom. The van der Waals surface area contributed by atoms with E-state index in [9.17, 15) is 14.9 Å². The maximum Gasteiger partial charge on any atom is 0.271 e. The van der Waals surface area contributed by atoms with Crippen molar-refractivity contribution in [2.45, 2.75) is 13.0 Å². The number of nitro groups is 1. The van der Waals surface area contributed by atoms with Gasteiger partial charge in [-0.3, -0.25) is 14.9 Å². The Kier molecular flexibility index (Phi) is 6.14. The molecule has 0 aliphatic heterocycles. The van der Waals surface area contributed by atoms with Crippen molar-refractivity contribution in [3.05, 3.63) is 68.2 Å². The van der Waals surface area contributed by atoms with Gasteiger partial charge in [-0.15, -0.1) is 0 Å². The van der Waals surface area contributed by atoms with E-state index >= 15 is 0 Å². The monoisotopic (exact) mass is 367 g/mol. The normalized spacial score (nSPS) is 11.8. The van der Waals surface area contributed by atoms with Crippen LogP contribution < -0.4 is 10.6 Å². The third-order valence-electron chi connectivity index (χ3n) is 3.38. The first kappa shape index (κ1) is 18.2. The molecule has 1 amide bonds. The number of rotatable bonds is 6. The Bertz CT molecular complexity index is 751. The van der Waals surface area contributed by atoms with E-state index in [1.165, 1.54) is 18.2 Å². The fourth-order valence-corrected chi connectivity index (χ4v) is 2.38. The molecule has 2 aromatic rings. The number of nitrogens with zero attached hydrogens (tertiary/aromatic N) is 1. The fraction of sp³-hybridized carbons (Fsp3) is 0.188. The molecule has 0 unspecified atom stereocenters. The van der Waals surface area contributed by atoms with Crippen LogP contribution in [0.4, 0.5) is 11.4 Å². The Morgan fingerprint density at radius 1 is 1.21 bits per heavy atom. The smallest absolute Gasteiger partial charge is 0.271 e. The average Bonchev–Trinajstić information content (AvgIpc) is 2.55. The number of hydrogen-bond donors (Lipinski definition) is 2. The van der Waals surface area contributed by atoms with Crippen molar-refractivity contribution in [2.24, 2.45) is 0 Å². The van der Waals surface area contributed by atoms with Crippen LogP contribution in [0.2, 0.25) is 10.0 Å². The molecule has 2 aromatic carbocycles. The largest absolute Gasteiger partial charge is 0.324 e. The molecule has 1 atom stereocenters. The number of nitrogens with one attached hydrogen (secondary N) is 2. The van der Waals surface area contributed by atoms with Gasteiger partial charge in [0.25, 0.3) is 5.69 Å². The Morgan fingerprint density at radius 2 is 1.88 bits per heavy atom. The summed E-state index contributed by atoms with van der Waals surface area (Å²) in [6, 6.07) is 11.2. The molecule has 2 N–H and O–H groups in total. The summed E-state index contributed by atoms with van der Waals surface area (Å²) >= 11 is 11.8. The Hall–Kier alpha value is -2.15. The number of anilines is 1. The lowest BCUT2D eigenvalue weighted by molar-refractivity contribution is -0.384. The highest BCUT2D eigenvalue weighted by Crippen LogP contribution is 2.26. The molecule has 0 aliphatic carbocycles. The molecule has 0 spiro atoms. The average molecular weight is 368 g/mol. The van der Waals surface area contributed by atoms with Crippen molar-refractivity contribution >= 4 is 40.5 Å². The van der Waals surface area contributed by atoms with Crippen LogP contribution in [0.1, 0.15) is 18.5 Å². The molecular formula is C16H15Cl2N3O3. The highest BCUT2D eigenvalue weighted by molar-refractivity contribution is 6.34. The number of hydrogen-bond acceptors (Lipinski definition) is 4. The molecule has 0 fully saturated rings. The summed E-state index contributed by atoms with van der Waals surface area (Å²) < 4.78 is 0. The quantitative estimate of drug-likeness (QED) is 0.592. The standard InChI is InChI=1S/C16H15Cl2N3O3/c1-10(11-2-4-12(17)5-3-11)19-9-16(22)20-15-7-6-13(21(23)24)8-14(15)18/h2-8,10,19H,9H2,1H3,(H,20,22)/t10-/m1/s1. The van der Waals surface area contributed by atoms with Crippen molar-refractivity contribution in [3.8, 4) is 0 Å². The lowest BCUT2D eigenvalue weighted by atomic mass is 10.1. The molecule has 0 heterocycles. The zero-order chi connectivity index (χ0) is 17.7. The number of nitro benzene ring substituents is 1. The van der Waals surface area contributed by atoms with E-state index in [2.05, 4.69) is 10.6 Å².